The lowest BCUT2D eigenvalue weighted by Crippen LogP contribution is -2.58. The summed E-state index contributed by atoms with van der Waals surface area (Å²) in [7, 11) is 1.62. The van der Waals surface area contributed by atoms with Crippen molar-refractivity contribution in [2.24, 2.45) is 0 Å². The van der Waals surface area contributed by atoms with Gasteiger partial charge in [0.05, 0.1) is 13.1 Å². The number of hydrogen-bond acceptors (Lipinski definition) is 3. The van der Waals surface area contributed by atoms with Gasteiger partial charge in [-0.15, -0.1) is 0 Å². The van der Waals surface area contributed by atoms with Gasteiger partial charge in [0, 0.05) is 19.3 Å². The van der Waals surface area contributed by atoms with E-state index in [-0.39, 0.29) is 12.1 Å². The minimum absolute atomic E-state index is 0.0594. The van der Waals surface area contributed by atoms with Crippen LogP contribution in [0.5, 0.6) is 5.88 Å². The first-order valence-electron chi connectivity index (χ1n) is 4.84. The second-order valence-corrected chi connectivity index (χ2v) is 3.37. The van der Waals surface area contributed by atoms with Crippen LogP contribution in [0.25, 0.3) is 0 Å². The fraction of sp³-hybridized carbons (Fsp3) is 0.400. The number of ether oxygens (including phenoxy) is 1. The van der Waals surface area contributed by atoms with Gasteiger partial charge in [0.15, 0.2) is 0 Å². The fourth-order valence-corrected chi connectivity index (χ4v) is 1.42. The van der Waals surface area contributed by atoms with Crippen LogP contribution in [0.15, 0.2) is 24.4 Å². The molecule has 0 spiro atoms. The molecular formula is C10H13N3O2. The molecule has 0 bridgehead atoms. The Morgan fingerprint density at radius 1 is 1.60 bits per heavy atom. The predicted molar refractivity (Wildman–Crippen MR) is 54.7 cm³/mol. The molecule has 15 heavy (non-hydrogen) atoms. The number of urea groups is 1. The summed E-state index contributed by atoms with van der Waals surface area (Å²) in [4.78, 5) is 16.9. The summed E-state index contributed by atoms with van der Waals surface area (Å²) in [6.07, 6.45) is 1.75. The van der Waals surface area contributed by atoms with Gasteiger partial charge in [-0.2, -0.15) is 0 Å². The number of rotatable bonds is 2. The van der Waals surface area contributed by atoms with E-state index in [1.807, 2.05) is 18.2 Å². The molecule has 0 saturated carbocycles. The van der Waals surface area contributed by atoms with Gasteiger partial charge in [0.2, 0.25) is 5.88 Å². The molecule has 80 valence electrons. The first kappa shape index (κ1) is 9.76. The Bertz CT molecular complexity index is 336. The summed E-state index contributed by atoms with van der Waals surface area (Å²) >= 11 is 0. The lowest BCUT2D eigenvalue weighted by atomic mass is 10.2. The van der Waals surface area contributed by atoms with Gasteiger partial charge in [0.1, 0.15) is 6.10 Å². The third-order valence-corrected chi connectivity index (χ3v) is 2.27. The quantitative estimate of drug-likeness (QED) is 0.767. The number of likely N-dealkylation sites (tertiary alicyclic amines) is 1. The second-order valence-electron chi connectivity index (χ2n) is 3.37. The Hall–Kier alpha value is -1.78. The Morgan fingerprint density at radius 2 is 2.40 bits per heavy atom. The van der Waals surface area contributed by atoms with E-state index in [1.54, 1.807) is 18.1 Å². The summed E-state index contributed by atoms with van der Waals surface area (Å²) in [5, 5.41) is 2.57. The van der Waals surface area contributed by atoms with Crippen molar-refractivity contribution in [2.75, 3.05) is 20.1 Å². The number of nitrogens with one attached hydrogen (secondary N) is 1. The third-order valence-electron chi connectivity index (χ3n) is 2.27. The van der Waals surface area contributed by atoms with Crippen LogP contribution in [-0.2, 0) is 0 Å². The summed E-state index contributed by atoms with van der Waals surface area (Å²) < 4.78 is 5.54. The lowest BCUT2D eigenvalue weighted by Gasteiger charge is -2.38. The predicted octanol–water partition coefficient (Wildman–Crippen LogP) is 0.484. The normalized spacial score (nSPS) is 15.7. The first-order valence-corrected chi connectivity index (χ1v) is 4.84. The smallest absolute Gasteiger partial charge is 0.317 e. The molecule has 2 amide bonds. The summed E-state index contributed by atoms with van der Waals surface area (Å²) in [6, 6.07) is 5.46. The Morgan fingerprint density at radius 3 is 3.00 bits per heavy atom. The zero-order chi connectivity index (χ0) is 10.7. The van der Waals surface area contributed by atoms with Crippen molar-refractivity contribution in [1.29, 1.82) is 0 Å². The molecule has 0 unspecified atom stereocenters. The maximum atomic E-state index is 11.1. The van der Waals surface area contributed by atoms with Crippen molar-refractivity contribution >= 4 is 6.03 Å². The van der Waals surface area contributed by atoms with Crippen LogP contribution in [0, 0.1) is 0 Å². The number of carbonyl (C=O) groups excluding carboxylic acids is 1. The molecule has 2 rings (SSSR count). The van der Waals surface area contributed by atoms with Crippen molar-refractivity contribution < 1.29 is 9.53 Å². The van der Waals surface area contributed by atoms with E-state index in [1.165, 1.54) is 0 Å². The van der Waals surface area contributed by atoms with Gasteiger partial charge in [-0.05, 0) is 6.07 Å². The van der Waals surface area contributed by atoms with E-state index in [2.05, 4.69) is 10.3 Å². The molecule has 1 N–H and O–H groups in total. The molecule has 5 heteroatoms. The molecule has 1 aromatic rings. The Labute approximate surface area is 88.1 Å². The van der Waals surface area contributed by atoms with Crippen LogP contribution in [0.4, 0.5) is 4.79 Å². The van der Waals surface area contributed by atoms with Crippen LogP contribution in [0.1, 0.15) is 0 Å². The summed E-state index contributed by atoms with van der Waals surface area (Å²) in [5.74, 6) is 0.610. The molecule has 1 saturated heterocycles. The van der Waals surface area contributed by atoms with Crippen LogP contribution in [-0.4, -0.2) is 42.2 Å². The number of carbonyl (C=O) groups is 1. The van der Waals surface area contributed by atoms with E-state index in [0.717, 1.165) is 0 Å². The maximum Gasteiger partial charge on any atom is 0.317 e. The van der Waals surface area contributed by atoms with E-state index >= 15 is 0 Å². The maximum absolute atomic E-state index is 11.1. The molecule has 1 aromatic heterocycles. The van der Waals surface area contributed by atoms with Crippen LogP contribution in [0.3, 0.4) is 0 Å². The zero-order valence-corrected chi connectivity index (χ0v) is 8.51. The van der Waals surface area contributed by atoms with Crippen molar-refractivity contribution in [1.82, 2.24) is 15.2 Å². The third kappa shape index (κ3) is 2.18. The largest absolute Gasteiger partial charge is 0.471 e. The first-order chi connectivity index (χ1) is 7.29. The van der Waals surface area contributed by atoms with Gasteiger partial charge < -0.3 is 15.0 Å². The van der Waals surface area contributed by atoms with Gasteiger partial charge in [0.25, 0.3) is 0 Å². The lowest BCUT2D eigenvalue weighted by molar-refractivity contribution is 0.0421. The molecule has 5 nitrogen and oxygen atoms in total. The van der Waals surface area contributed by atoms with E-state index in [4.69, 9.17) is 4.74 Å². The van der Waals surface area contributed by atoms with Gasteiger partial charge in [-0.3, -0.25) is 0 Å². The van der Waals surface area contributed by atoms with Gasteiger partial charge >= 0.3 is 6.03 Å². The van der Waals surface area contributed by atoms with E-state index in [0.29, 0.717) is 19.0 Å². The number of amides is 2. The highest BCUT2D eigenvalue weighted by atomic mass is 16.5. The minimum atomic E-state index is -0.0594. The average Bonchev–Trinajstić information content (AvgIpc) is 2.23. The average molecular weight is 207 g/mol. The molecule has 1 aliphatic heterocycles. The fourth-order valence-electron chi connectivity index (χ4n) is 1.42. The van der Waals surface area contributed by atoms with Gasteiger partial charge in [-0.25, -0.2) is 9.78 Å². The molecule has 2 heterocycles. The number of hydrogen-bond donors (Lipinski definition) is 1. The Kier molecular flexibility index (Phi) is 2.71. The molecule has 0 radical (unpaired) electrons. The second kappa shape index (κ2) is 4.16. The van der Waals surface area contributed by atoms with Crippen LogP contribution in [0.2, 0.25) is 0 Å². The van der Waals surface area contributed by atoms with Gasteiger partial charge in [-0.1, -0.05) is 6.07 Å². The topological polar surface area (TPSA) is 54.5 Å². The van der Waals surface area contributed by atoms with Crippen LogP contribution >= 0.6 is 0 Å². The molecule has 1 fully saturated rings. The monoisotopic (exact) mass is 207 g/mol. The number of nitrogens with zero attached hydrogens (tertiary/aromatic N) is 2. The highest BCUT2D eigenvalue weighted by Gasteiger charge is 2.31. The summed E-state index contributed by atoms with van der Waals surface area (Å²) in [5.41, 5.74) is 0. The van der Waals surface area contributed by atoms with Crippen molar-refractivity contribution in [3.63, 3.8) is 0 Å². The molecule has 0 aliphatic carbocycles. The van der Waals surface area contributed by atoms with Crippen molar-refractivity contribution in [2.45, 2.75) is 6.10 Å². The van der Waals surface area contributed by atoms with Crippen molar-refractivity contribution in [3.8, 4) is 5.88 Å². The molecule has 0 aromatic carbocycles. The van der Waals surface area contributed by atoms with E-state index < -0.39 is 0 Å². The molecule has 1 aliphatic rings. The molecular weight excluding hydrogens is 194 g/mol. The van der Waals surface area contributed by atoms with E-state index in [9.17, 15) is 4.79 Å². The zero-order valence-electron chi connectivity index (χ0n) is 8.51. The minimum Gasteiger partial charge on any atom is -0.471 e. The number of aromatic nitrogens is 1. The highest BCUT2D eigenvalue weighted by Crippen LogP contribution is 2.15. The SMILES string of the molecule is CNC(=O)N1CC(Oc2ccccn2)C1. The Balaban J connectivity index is 1.79. The standard InChI is InChI=1S/C10H13N3O2/c1-11-10(14)13-6-8(7-13)15-9-4-2-3-5-12-9/h2-5,8H,6-7H2,1H3,(H,11,14). The summed E-state index contributed by atoms with van der Waals surface area (Å²) in [6.45, 7) is 1.24. The number of pyridine rings is 1. The van der Waals surface area contributed by atoms with Crippen LogP contribution < -0.4 is 10.1 Å². The molecule has 0 atom stereocenters. The highest BCUT2D eigenvalue weighted by molar-refractivity contribution is 5.74. The van der Waals surface area contributed by atoms with Crippen molar-refractivity contribution in [3.05, 3.63) is 24.4 Å².